The van der Waals surface area contributed by atoms with E-state index in [1.54, 1.807) is 12.1 Å². The lowest BCUT2D eigenvalue weighted by Crippen LogP contribution is -2.70. The first-order chi connectivity index (χ1) is 13.0. The predicted octanol–water partition coefficient (Wildman–Crippen LogP) is 2.54. The molecule has 2 unspecified atom stereocenters. The molecule has 0 saturated carbocycles. The van der Waals surface area contributed by atoms with Crippen LogP contribution in [-0.4, -0.2) is 85.2 Å². The molecule has 1 amide bonds. The summed E-state index contributed by atoms with van der Waals surface area (Å²) in [6.07, 6.45) is 2.83. The summed E-state index contributed by atoms with van der Waals surface area (Å²) in [5, 5.41) is 1.02. The Morgan fingerprint density at radius 2 is 1.81 bits per heavy atom. The van der Waals surface area contributed by atoms with E-state index < -0.39 is 0 Å². The number of likely N-dealkylation sites (tertiary alicyclic amines) is 1. The van der Waals surface area contributed by atoms with Gasteiger partial charge in [-0.05, 0) is 50.7 Å². The van der Waals surface area contributed by atoms with Gasteiger partial charge in [0.2, 0.25) is 5.91 Å². The SMILES string of the molecule is CN1CCN(C(=O)Cc2ccc(Cl)c(Cl)c2)C2C1COC[C@@H]2N1CCCC1. The van der Waals surface area contributed by atoms with Crippen molar-refractivity contribution in [2.24, 2.45) is 0 Å². The van der Waals surface area contributed by atoms with E-state index >= 15 is 0 Å². The zero-order valence-electron chi connectivity index (χ0n) is 15.7. The third kappa shape index (κ3) is 3.99. The van der Waals surface area contributed by atoms with E-state index in [0.29, 0.717) is 29.7 Å². The van der Waals surface area contributed by atoms with Gasteiger partial charge in [-0.15, -0.1) is 0 Å². The highest BCUT2D eigenvalue weighted by Gasteiger charge is 2.46. The van der Waals surface area contributed by atoms with Crippen LogP contribution in [-0.2, 0) is 16.0 Å². The first kappa shape index (κ1) is 19.5. The summed E-state index contributed by atoms with van der Waals surface area (Å²) >= 11 is 12.1. The molecule has 0 aliphatic carbocycles. The van der Waals surface area contributed by atoms with Crippen LogP contribution < -0.4 is 0 Å². The second-order valence-corrected chi connectivity index (χ2v) is 8.71. The molecule has 1 aromatic rings. The third-order valence-electron chi connectivity index (χ3n) is 6.25. The van der Waals surface area contributed by atoms with Crippen molar-refractivity contribution >= 4 is 29.1 Å². The van der Waals surface area contributed by atoms with Gasteiger partial charge in [-0.2, -0.15) is 0 Å². The second kappa shape index (κ2) is 8.26. The fraction of sp³-hybridized carbons (Fsp3) is 0.650. The number of piperazine rings is 1. The molecule has 3 aliphatic heterocycles. The molecule has 5 nitrogen and oxygen atoms in total. The number of benzene rings is 1. The van der Waals surface area contributed by atoms with Crippen LogP contribution in [0, 0.1) is 0 Å². The predicted molar refractivity (Wildman–Crippen MR) is 107 cm³/mol. The molecule has 0 spiro atoms. The van der Waals surface area contributed by atoms with Crippen LogP contribution in [0.25, 0.3) is 0 Å². The van der Waals surface area contributed by atoms with Crippen molar-refractivity contribution in [3.05, 3.63) is 33.8 Å². The molecule has 4 rings (SSSR count). The molecule has 3 atom stereocenters. The van der Waals surface area contributed by atoms with Gasteiger partial charge in [0.25, 0.3) is 0 Å². The fourth-order valence-corrected chi connectivity index (χ4v) is 5.08. The number of hydrogen-bond acceptors (Lipinski definition) is 4. The number of amides is 1. The molecule has 7 heteroatoms. The quantitative estimate of drug-likeness (QED) is 0.765. The van der Waals surface area contributed by atoms with Crippen molar-refractivity contribution in [3.8, 4) is 0 Å². The molecule has 3 fully saturated rings. The summed E-state index contributed by atoms with van der Waals surface area (Å²) in [6, 6.07) is 6.19. The molecule has 0 radical (unpaired) electrons. The summed E-state index contributed by atoms with van der Waals surface area (Å²) < 4.78 is 5.96. The number of nitrogens with zero attached hydrogens (tertiary/aromatic N) is 3. The molecule has 27 heavy (non-hydrogen) atoms. The molecule has 0 bridgehead atoms. The van der Waals surface area contributed by atoms with Gasteiger partial charge in [0.1, 0.15) is 0 Å². The lowest BCUT2D eigenvalue weighted by Gasteiger charge is -2.53. The monoisotopic (exact) mass is 411 g/mol. The normalized spacial score (nSPS) is 29.7. The molecule has 3 aliphatic rings. The molecule has 3 saturated heterocycles. The van der Waals surface area contributed by atoms with E-state index in [0.717, 1.165) is 31.7 Å². The number of carbonyl (C=O) groups is 1. The molecule has 0 aromatic heterocycles. The van der Waals surface area contributed by atoms with Crippen LogP contribution >= 0.6 is 23.2 Å². The molecular formula is C20H27Cl2N3O2. The minimum atomic E-state index is 0.169. The number of hydrogen-bond donors (Lipinski definition) is 0. The van der Waals surface area contributed by atoms with Gasteiger partial charge < -0.3 is 9.64 Å². The van der Waals surface area contributed by atoms with Gasteiger partial charge in [0.15, 0.2) is 0 Å². The van der Waals surface area contributed by atoms with E-state index in [9.17, 15) is 4.79 Å². The summed E-state index contributed by atoms with van der Waals surface area (Å²) in [5.41, 5.74) is 0.912. The Labute approximate surface area is 171 Å². The van der Waals surface area contributed by atoms with Crippen LogP contribution in [0.15, 0.2) is 18.2 Å². The van der Waals surface area contributed by atoms with Crippen LogP contribution in [0.3, 0.4) is 0 Å². The average molecular weight is 412 g/mol. The Hall–Kier alpha value is -0.850. The maximum Gasteiger partial charge on any atom is 0.227 e. The number of likely N-dealkylation sites (N-methyl/N-ethyl adjacent to an activating group) is 1. The summed E-state index contributed by atoms with van der Waals surface area (Å²) in [7, 11) is 2.15. The molecule has 1 aromatic carbocycles. The minimum absolute atomic E-state index is 0.169. The van der Waals surface area contributed by atoms with E-state index in [4.69, 9.17) is 27.9 Å². The first-order valence-electron chi connectivity index (χ1n) is 9.80. The number of rotatable bonds is 3. The van der Waals surface area contributed by atoms with Gasteiger partial charge in [0, 0.05) is 13.1 Å². The zero-order chi connectivity index (χ0) is 19.0. The maximum absolute atomic E-state index is 13.3. The Morgan fingerprint density at radius 1 is 1.07 bits per heavy atom. The van der Waals surface area contributed by atoms with Crippen molar-refractivity contribution < 1.29 is 9.53 Å². The molecule has 148 valence electrons. The number of halogens is 2. The highest BCUT2D eigenvalue weighted by atomic mass is 35.5. The van der Waals surface area contributed by atoms with E-state index in [1.165, 1.54) is 12.8 Å². The summed E-state index contributed by atoms with van der Waals surface area (Å²) in [4.78, 5) is 20.2. The lowest BCUT2D eigenvalue weighted by atomic mass is 9.91. The molecular weight excluding hydrogens is 385 g/mol. The fourth-order valence-electron chi connectivity index (χ4n) is 4.76. The topological polar surface area (TPSA) is 36.0 Å². The van der Waals surface area contributed by atoms with Crippen LogP contribution in [0.5, 0.6) is 0 Å². The van der Waals surface area contributed by atoms with Gasteiger partial charge in [-0.25, -0.2) is 0 Å². The second-order valence-electron chi connectivity index (χ2n) is 7.90. The Morgan fingerprint density at radius 3 is 2.56 bits per heavy atom. The Balaban J connectivity index is 1.55. The number of carbonyl (C=O) groups excluding carboxylic acids is 1. The number of ether oxygens (including phenoxy) is 1. The summed E-state index contributed by atoms with van der Waals surface area (Å²) in [6.45, 7) is 5.27. The zero-order valence-corrected chi connectivity index (χ0v) is 17.3. The first-order valence-corrected chi connectivity index (χ1v) is 10.6. The molecule has 0 N–H and O–H groups in total. The number of fused-ring (bicyclic) bond motifs is 1. The van der Waals surface area contributed by atoms with Crippen LogP contribution in [0.1, 0.15) is 18.4 Å². The van der Waals surface area contributed by atoms with E-state index in [1.807, 2.05) is 6.07 Å². The standard InChI is InChI=1S/C20H27Cl2N3O2/c1-23-8-9-25(19(26)11-14-4-5-15(21)16(22)10-14)20-17(23)12-27-13-18(20)24-6-2-3-7-24/h4-5,10,17-18,20H,2-3,6-9,11-13H2,1H3/t17?,18-,20?/m0/s1. The highest BCUT2D eigenvalue weighted by molar-refractivity contribution is 6.42. The van der Waals surface area contributed by atoms with Crippen molar-refractivity contribution in [1.82, 2.24) is 14.7 Å². The Bertz CT molecular complexity index is 696. The average Bonchev–Trinajstić information content (AvgIpc) is 3.19. The lowest BCUT2D eigenvalue weighted by molar-refractivity contribution is -0.150. The smallest absolute Gasteiger partial charge is 0.227 e. The van der Waals surface area contributed by atoms with E-state index in [2.05, 4.69) is 21.7 Å². The largest absolute Gasteiger partial charge is 0.378 e. The van der Waals surface area contributed by atoms with Crippen LogP contribution in [0.4, 0.5) is 0 Å². The van der Waals surface area contributed by atoms with Crippen molar-refractivity contribution in [1.29, 1.82) is 0 Å². The van der Waals surface area contributed by atoms with Gasteiger partial charge in [0.05, 0.1) is 47.8 Å². The van der Waals surface area contributed by atoms with Crippen molar-refractivity contribution in [3.63, 3.8) is 0 Å². The van der Waals surface area contributed by atoms with Gasteiger partial charge in [-0.3, -0.25) is 14.6 Å². The van der Waals surface area contributed by atoms with Gasteiger partial charge >= 0.3 is 0 Å². The maximum atomic E-state index is 13.3. The molecule has 3 heterocycles. The van der Waals surface area contributed by atoms with Gasteiger partial charge in [-0.1, -0.05) is 29.3 Å². The minimum Gasteiger partial charge on any atom is -0.378 e. The third-order valence-corrected chi connectivity index (χ3v) is 6.99. The summed E-state index contributed by atoms with van der Waals surface area (Å²) in [5.74, 6) is 0.169. The van der Waals surface area contributed by atoms with Crippen molar-refractivity contribution in [2.75, 3.05) is 46.4 Å². The Kier molecular flexibility index (Phi) is 5.95. The van der Waals surface area contributed by atoms with Crippen molar-refractivity contribution in [2.45, 2.75) is 37.4 Å². The highest BCUT2D eigenvalue weighted by Crippen LogP contribution is 2.30. The van der Waals surface area contributed by atoms with E-state index in [-0.39, 0.29) is 24.0 Å². The van der Waals surface area contributed by atoms with Crippen LogP contribution in [0.2, 0.25) is 10.0 Å².